The van der Waals surface area contributed by atoms with Crippen LogP contribution in [0.2, 0.25) is 5.02 Å². The van der Waals surface area contributed by atoms with E-state index in [0.29, 0.717) is 10.7 Å². The van der Waals surface area contributed by atoms with Gasteiger partial charge >= 0.3 is 0 Å². The number of halogens is 1. The second-order valence-corrected chi connectivity index (χ2v) is 5.67. The second-order valence-electron chi connectivity index (χ2n) is 5.26. The molecule has 1 heterocycles. The van der Waals surface area contributed by atoms with E-state index in [1.165, 1.54) is 0 Å². The molecule has 0 amide bonds. The third kappa shape index (κ3) is 2.00. The van der Waals surface area contributed by atoms with Gasteiger partial charge in [-0.05, 0) is 24.3 Å². The maximum absolute atomic E-state index is 6.46. The largest absolute Gasteiger partial charge is 0.399 e. The van der Waals surface area contributed by atoms with E-state index in [1.54, 1.807) is 6.07 Å². The number of anilines is 1. The third-order valence-corrected chi connectivity index (χ3v) is 4.16. The van der Waals surface area contributed by atoms with Crippen molar-refractivity contribution < 1.29 is 0 Å². The highest BCUT2D eigenvalue weighted by Gasteiger charge is 2.13. The Morgan fingerprint density at radius 3 is 1.95 bits per heavy atom. The molecule has 0 aliphatic rings. The summed E-state index contributed by atoms with van der Waals surface area (Å²) in [6.07, 6.45) is 0. The van der Waals surface area contributed by atoms with Crippen molar-refractivity contribution in [1.29, 1.82) is 0 Å². The van der Waals surface area contributed by atoms with Crippen LogP contribution in [0.4, 0.5) is 5.69 Å². The minimum Gasteiger partial charge on any atom is -0.399 e. The van der Waals surface area contributed by atoms with Gasteiger partial charge in [-0.1, -0.05) is 54.1 Å². The van der Waals surface area contributed by atoms with E-state index in [-0.39, 0.29) is 0 Å². The van der Waals surface area contributed by atoms with Gasteiger partial charge in [0.25, 0.3) is 0 Å². The van der Waals surface area contributed by atoms with E-state index in [9.17, 15) is 0 Å². The topological polar surface area (TPSA) is 38.9 Å². The van der Waals surface area contributed by atoms with Gasteiger partial charge < -0.3 is 5.73 Å². The first-order chi connectivity index (χ1) is 10.7. The number of benzene rings is 3. The molecular weight excluding hydrogens is 292 g/mol. The van der Waals surface area contributed by atoms with Gasteiger partial charge in [0, 0.05) is 27.6 Å². The molecule has 2 N–H and O–H groups in total. The van der Waals surface area contributed by atoms with E-state index in [4.69, 9.17) is 22.3 Å². The summed E-state index contributed by atoms with van der Waals surface area (Å²) in [5.41, 5.74) is 10.5. The zero-order valence-electron chi connectivity index (χ0n) is 11.8. The molecule has 3 aromatic carbocycles. The fourth-order valence-corrected chi connectivity index (χ4v) is 3.15. The minimum absolute atomic E-state index is 0.654. The Bertz CT molecular complexity index is 955. The van der Waals surface area contributed by atoms with Crippen LogP contribution in [0.25, 0.3) is 32.9 Å². The van der Waals surface area contributed by atoms with E-state index >= 15 is 0 Å². The fraction of sp³-hybridized carbons (Fsp3) is 0. The standard InChI is InChI=1S/C19H13ClN2/c20-16-11-12(21)9-10-13(16)19-14-5-1-3-7-17(14)22-18-8-4-2-6-15(18)19/h1-11H,21H2. The predicted octanol–water partition coefficient (Wildman–Crippen LogP) is 5.29. The monoisotopic (exact) mass is 304 g/mol. The summed E-state index contributed by atoms with van der Waals surface area (Å²) in [5, 5.41) is 2.84. The van der Waals surface area contributed by atoms with Gasteiger partial charge in [-0.2, -0.15) is 0 Å². The molecule has 0 radical (unpaired) electrons. The molecule has 0 aliphatic carbocycles. The number of nitrogen functional groups attached to an aromatic ring is 1. The van der Waals surface area contributed by atoms with Crippen LogP contribution in [0.1, 0.15) is 0 Å². The van der Waals surface area contributed by atoms with Gasteiger partial charge in [-0.15, -0.1) is 0 Å². The summed E-state index contributed by atoms with van der Waals surface area (Å²) < 4.78 is 0. The molecule has 0 bridgehead atoms. The third-order valence-electron chi connectivity index (χ3n) is 3.85. The Labute approximate surface area is 133 Å². The normalized spacial score (nSPS) is 11.1. The Morgan fingerprint density at radius 1 is 0.773 bits per heavy atom. The fourth-order valence-electron chi connectivity index (χ4n) is 2.86. The number of nitrogens with zero attached hydrogens (tertiary/aromatic N) is 1. The van der Waals surface area contributed by atoms with Crippen molar-refractivity contribution in [3.05, 3.63) is 71.8 Å². The Balaban J connectivity index is 2.21. The molecular formula is C19H13ClN2. The lowest BCUT2D eigenvalue weighted by atomic mass is 9.96. The molecule has 0 spiro atoms. The first kappa shape index (κ1) is 13.1. The molecule has 0 unspecified atom stereocenters. The van der Waals surface area contributed by atoms with Gasteiger partial charge in [0.05, 0.1) is 16.1 Å². The van der Waals surface area contributed by atoms with Crippen LogP contribution in [0.3, 0.4) is 0 Å². The van der Waals surface area contributed by atoms with Gasteiger partial charge in [0.1, 0.15) is 0 Å². The Morgan fingerprint density at radius 2 is 1.36 bits per heavy atom. The molecule has 0 atom stereocenters. The van der Waals surface area contributed by atoms with Crippen LogP contribution in [0.15, 0.2) is 66.7 Å². The Kier molecular flexibility index (Phi) is 2.98. The Hall–Kier alpha value is -2.58. The van der Waals surface area contributed by atoms with Crippen molar-refractivity contribution in [2.75, 3.05) is 5.73 Å². The molecule has 0 saturated carbocycles. The van der Waals surface area contributed by atoms with E-state index in [0.717, 1.165) is 32.9 Å². The number of para-hydroxylation sites is 2. The molecule has 0 saturated heterocycles. The van der Waals surface area contributed by atoms with Crippen molar-refractivity contribution in [3.8, 4) is 11.1 Å². The SMILES string of the molecule is Nc1ccc(-c2c3ccccc3nc3ccccc23)c(Cl)c1. The van der Waals surface area contributed by atoms with Crippen molar-refractivity contribution in [3.63, 3.8) is 0 Å². The summed E-state index contributed by atoms with van der Waals surface area (Å²) in [6.45, 7) is 0. The number of pyridine rings is 1. The number of rotatable bonds is 1. The molecule has 0 fully saturated rings. The van der Waals surface area contributed by atoms with Gasteiger partial charge in [0.15, 0.2) is 0 Å². The average molecular weight is 305 g/mol. The van der Waals surface area contributed by atoms with Crippen LogP contribution in [0, 0.1) is 0 Å². The number of nitrogens with two attached hydrogens (primary N) is 1. The lowest BCUT2D eigenvalue weighted by Gasteiger charge is -2.13. The van der Waals surface area contributed by atoms with Crippen molar-refractivity contribution >= 4 is 39.1 Å². The van der Waals surface area contributed by atoms with Crippen LogP contribution >= 0.6 is 11.6 Å². The highest BCUT2D eigenvalue weighted by molar-refractivity contribution is 6.34. The average Bonchev–Trinajstić information content (AvgIpc) is 2.53. The van der Waals surface area contributed by atoms with E-state index in [1.807, 2.05) is 48.5 Å². The maximum Gasteiger partial charge on any atom is 0.0715 e. The van der Waals surface area contributed by atoms with Crippen LogP contribution < -0.4 is 5.73 Å². The zero-order chi connectivity index (χ0) is 15.1. The summed E-state index contributed by atoms with van der Waals surface area (Å²) in [7, 11) is 0. The molecule has 1 aromatic heterocycles. The molecule has 4 aromatic rings. The van der Waals surface area contributed by atoms with E-state index in [2.05, 4.69) is 12.1 Å². The quantitative estimate of drug-likeness (QED) is 0.383. The van der Waals surface area contributed by atoms with Crippen LogP contribution in [0.5, 0.6) is 0 Å². The van der Waals surface area contributed by atoms with Gasteiger partial charge in [-0.3, -0.25) is 0 Å². The van der Waals surface area contributed by atoms with Gasteiger partial charge in [0.2, 0.25) is 0 Å². The van der Waals surface area contributed by atoms with Gasteiger partial charge in [-0.25, -0.2) is 4.98 Å². The number of hydrogen-bond acceptors (Lipinski definition) is 2. The molecule has 22 heavy (non-hydrogen) atoms. The summed E-state index contributed by atoms with van der Waals surface area (Å²) in [6, 6.07) is 21.9. The smallest absolute Gasteiger partial charge is 0.0715 e. The molecule has 2 nitrogen and oxygen atoms in total. The number of fused-ring (bicyclic) bond motifs is 2. The molecule has 106 valence electrons. The lowest BCUT2D eigenvalue weighted by Crippen LogP contribution is -1.91. The number of aromatic nitrogens is 1. The maximum atomic E-state index is 6.46. The van der Waals surface area contributed by atoms with E-state index < -0.39 is 0 Å². The molecule has 0 aliphatic heterocycles. The van der Waals surface area contributed by atoms with Crippen molar-refractivity contribution in [1.82, 2.24) is 4.98 Å². The van der Waals surface area contributed by atoms with Crippen molar-refractivity contribution in [2.24, 2.45) is 0 Å². The minimum atomic E-state index is 0.654. The van der Waals surface area contributed by atoms with Crippen LogP contribution in [-0.4, -0.2) is 4.98 Å². The predicted molar refractivity (Wildman–Crippen MR) is 94.1 cm³/mol. The number of hydrogen-bond donors (Lipinski definition) is 1. The second kappa shape index (κ2) is 5.00. The summed E-state index contributed by atoms with van der Waals surface area (Å²) >= 11 is 6.46. The first-order valence-corrected chi connectivity index (χ1v) is 7.45. The first-order valence-electron chi connectivity index (χ1n) is 7.07. The van der Waals surface area contributed by atoms with Crippen molar-refractivity contribution in [2.45, 2.75) is 0 Å². The highest BCUT2D eigenvalue weighted by Crippen LogP contribution is 2.38. The molecule has 4 rings (SSSR count). The summed E-state index contributed by atoms with van der Waals surface area (Å²) in [4.78, 5) is 4.74. The zero-order valence-corrected chi connectivity index (χ0v) is 12.5. The highest BCUT2D eigenvalue weighted by atomic mass is 35.5. The summed E-state index contributed by atoms with van der Waals surface area (Å²) in [5.74, 6) is 0. The molecule has 3 heteroatoms. The lowest BCUT2D eigenvalue weighted by molar-refractivity contribution is 1.49. The van der Waals surface area contributed by atoms with Crippen LogP contribution in [-0.2, 0) is 0 Å².